The van der Waals surface area contributed by atoms with Gasteiger partial charge < -0.3 is 14.6 Å². The van der Waals surface area contributed by atoms with E-state index in [4.69, 9.17) is 14.6 Å². The molecule has 6 nitrogen and oxygen atoms in total. The molecule has 0 spiro atoms. The van der Waals surface area contributed by atoms with E-state index in [1.165, 1.54) is 5.56 Å². The summed E-state index contributed by atoms with van der Waals surface area (Å²) in [7, 11) is 3.25. The summed E-state index contributed by atoms with van der Waals surface area (Å²) in [5, 5.41) is 14.9. The summed E-state index contributed by atoms with van der Waals surface area (Å²) >= 11 is 0. The Bertz CT molecular complexity index is 1270. The van der Waals surface area contributed by atoms with E-state index >= 15 is 0 Å². The number of carbonyl (C=O) groups is 1. The lowest BCUT2D eigenvalue weighted by molar-refractivity contribution is -0.141. The van der Waals surface area contributed by atoms with Crippen molar-refractivity contribution < 1.29 is 19.4 Å². The zero-order valence-corrected chi connectivity index (χ0v) is 20.3. The average molecular weight is 471 g/mol. The van der Waals surface area contributed by atoms with Crippen LogP contribution in [0.25, 0.3) is 16.9 Å². The molecule has 180 valence electrons. The molecule has 0 saturated carbocycles. The second kappa shape index (κ2) is 10.9. The van der Waals surface area contributed by atoms with E-state index in [0.717, 1.165) is 46.1 Å². The smallest absolute Gasteiger partial charge is 0.307 e. The molecule has 1 heterocycles. The first-order valence-electron chi connectivity index (χ1n) is 11.6. The van der Waals surface area contributed by atoms with E-state index in [1.807, 2.05) is 59.3 Å². The molecule has 35 heavy (non-hydrogen) atoms. The highest BCUT2D eigenvalue weighted by Crippen LogP contribution is 2.28. The number of aliphatic carboxylic acids is 1. The van der Waals surface area contributed by atoms with Crippen LogP contribution >= 0.6 is 0 Å². The molecule has 1 aliphatic carbocycles. The second-order valence-electron chi connectivity index (χ2n) is 8.61. The average Bonchev–Trinajstić information content (AvgIpc) is 3.15. The summed E-state index contributed by atoms with van der Waals surface area (Å²) in [6.07, 6.45) is 9.33. The van der Waals surface area contributed by atoms with Crippen LogP contribution in [-0.4, -0.2) is 35.1 Å². The number of rotatable bonds is 9. The van der Waals surface area contributed by atoms with E-state index in [2.05, 4.69) is 31.2 Å². The van der Waals surface area contributed by atoms with Crippen molar-refractivity contribution in [3.63, 3.8) is 0 Å². The van der Waals surface area contributed by atoms with Crippen molar-refractivity contribution in [1.29, 1.82) is 0 Å². The summed E-state index contributed by atoms with van der Waals surface area (Å²) in [4.78, 5) is 12.2. The Kier molecular flexibility index (Phi) is 7.51. The Morgan fingerprint density at radius 3 is 2.46 bits per heavy atom. The summed E-state index contributed by atoms with van der Waals surface area (Å²) < 4.78 is 12.5. The number of methoxy groups -OCH3 is 2. The van der Waals surface area contributed by atoms with Crippen molar-refractivity contribution >= 4 is 5.97 Å². The van der Waals surface area contributed by atoms with Gasteiger partial charge in [-0.3, -0.25) is 4.79 Å². The molecular formula is C29H30N2O4. The zero-order chi connectivity index (χ0) is 24.8. The number of carboxylic acid groups (broad SMARTS) is 1. The highest BCUT2D eigenvalue weighted by molar-refractivity contribution is 5.71. The lowest BCUT2D eigenvalue weighted by Gasteiger charge is -2.12. The number of aryl methyl sites for hydroxylation is 1. The number of allylic oxidation sites excluding steroid dienone is 5. The number of carboxylic acids is 1. The predicted octanol–water partition coefficient (Wildman–Crippen LogP) is 5.91. The van der Waals surface area contributed by atoms with Gasteiger partial charge in [0.25, 0.3) is 0 Å². The third kappa shape index (κ3) is 5.90. The summed E-state index contributed by atoms with van der Waals surface area (Å²) in [6, 6.07) is 17.9. The molecule has 0 amide bonds. The maximum atomic E-state index is 12.2. The van der Waals surface area contributed by atoms with Crippen LogP contribution in [0.2, 0.25) is 0 Å². The molecule has 1 N–H and O–H groups in total. The van der Waals surface area contributed by atoms with Crippen molar-refractivity contribution in [1.82, 2.24) is 9.78 Å². The molecule has 0 fully saturated rings. The van der Waals surface area contributed by atoms with E-state index in [-0.39, 0.29) is 0 Å². The lowest BCUT2D eigenvalue weighted by atomic mass is 9.93. The molecule has 1 aliphatic rings. The molecule has 4 rings (SSSR count). The van der Waals surface area contributed by atoms with Crippen LogP contribution in [0.1, 0.15) is 24.1 Å². The van der Waals surface area contributed by atoms with Crippen molar-refractivity contribution in [2.45, 2.75) is 26.2 Å². The molecular weight excluding hydrogens is 440 g/mol. The van der Waals surface area contributed by atoms with Crippen LogP contribution in [0.15, 0.2) is 90.2 Å². The van der Waals surface area contributed by atoms with E-state index in [1.54, 1.807) is 14.2 Å². The minimum Gasteiger partial charge on any atom is -0.497 e. The van der Waals surface area contributed by atoms with Crippen molar-refractivity contribution in [2.24, 2.45) is 5.92 Å². The third-order valence-electron chi connectivity index (χ3n) is 6.07. The second-order valence-corrected chi connectivity index (χ2v) is 8.61. The van der Waals surface area contributed by atoms with Gasteiger partial charge in [0.2, 0.25) is 0 Å². The van der Waals surface area contributed by atoms with Gasteiger partial charge in [-0.05, 0) is 67.8 Å². The molecule has 1 atom stereocenters. The first kappa shape index (κ1) is 24.1. The van der Waals surface area contributed by atoms with Gasteiger partial charge in [-0.2, -0.15) is 5.10 Å². The Labute approximate surface area is 205 Å². The minimum atomic E-state index is -0.841. The monoisotopic (exact) mass is 470 g/mol. The fourth-order valence-electron chi connectivity index (χ4n) is 4.13. The first-order chi connectivity index (χ1) is 17.0. The number of ether oxygens (including phenoxy) is 2. The van der Waals surface area contributed by atoms with Gasteiger partial charge in [0.1, 0.15) is 11.5 Å². The Morgan fingerprint density at radius 1 is 1.06 bits per heavy atom. The fraction of sp³-hybridized carbons (Fsp3) is 0.241. The van der Waals surface area contributed by atoms with Gasteiger partial charge >= 0.3 is 5.97 Å². The highest BCUT2D eigenvalue weighted by atomic mass is 16.5. The van der Waals surface area contributed by atoms with Crippen LogP contribution in [0.4, 0.5) is 0 Å². The van der Waals surface area contributed by atoms with Crippen molar-refractivity contribution in [2.75, 3.05) is 14.2 Å². The predicted molar refractivity (Wildman–Crippen MR) is 137 cm³/mol. The van der Waals surface area contributed by atoms with Crippen LogP contribution in [0, 0.1) is 12.8 Å². The van der Waals surface area contributed by atoms with Gasteiger partial charge in [-0.25, -0.2) is 4.68 Å². The number of aromatic nitrogens is 2. The maximum Gasteiger partial charge on any atom is 0.307 e. The molecule has 0 bridgehead atoms. The van der Waals surface area contributed by atoms with E-state index < -0.39 is 11.9 Å². The highest BCUT2D eigenvalue weighted by Gasteiger charge is 2.23. The Morgan fingerprint density at radius 2 is 1.80 bits per heavy atom. The summed E-state index contributed by atoms with van der Waals surface area (Å²) in [6.45, 7) is 2.05. The van der Waals surface area contributed by atoms with Crippen LogP contribution in [0.3, 0.4) is 0 Å². The molecule has 3 aromatic rings. The number of benzene rings is 2. The molecule has 0 saturated heterocycles. The van der Waals surface area contributed by atoms with Gasteiger partial charge in [0, 0.05) is 12.0 Å². The van der Waals surface area contributed by atoms with Gasteiger partial charge in [0.15, 0.2) is 0 Å². The van der Waals surface area contributed by atoms with E-state index in [0.29, 0.717) is 12.8 Å². The number of hydrogen-bond donors (Lipinski definition) is 1. The standard InChI is InChI=1S/C29H30N2O4/c1-20-8-10-22(11-9-20)28-19-24(30-31(28)25-12-14-26(34-2)15-13-25)18-23(29(32)33)16-21-6-4-5-7-27(17-21)35-3/h5-15,17,19,23H,4,16,18H2,1-3H3,(H,32,33). The Hall–Kier alpha value is -4.06. The van der Waals surface area contributed by atoms with Gasteiger partial charge in [-0.15, -0.1) is 0 Å². The quantitative estimate of drug-likeness (QED) is 0.421. The number of nitrogens with zero attached hydrogens (tertiary/aromatic N) is 2. The molecule has 2 aromatic carbocycles. The molecule has 0 radical (unpaired) electrons. The van der Waals surface area contributed by atoms with Crippen molar-refractivity contribution in [3.8, 4) is 22.7 Å². The normalized spacial score (nSPS) is 14.0. The largest absolute Gasteiger partial charge is 0.497 e. The molecule has 1 unspecified atom stereocenters. The SMILES string of the molecule is COC1=CC(CC(Cc2cc(-c3ccc(C)cc3)n(-c3ccc(OC)cc3)n2)C(=O)O)=CCC=C1. The van der Waals surface area contributed by atoms with Gasteiger partial charge in [-0.1, -0.05) is 42.0 Å². The lowest BCUT2D eigenvalue weighted by Crippen LogP contribution is -2.17. The van der Waals surface area contributed by atoms with E-state index in [9.17, 15) is 9.90 Å². The topological polar surface area (TPSA) is 73.6 Å². The summed E-state index contributed by atoms with van der Waals surface area (Å²) in [5.41, 5.74) is 5.66. The van der Waals surface area contributed by atoms with Crippen LogP contribution in [-0.2, 0) is 16.0 Å². The molecule has 1 aromatic heterocycles. The van der Waals surface area contributed by atoms with Crippen molar-refractivity contribution in [3.05, 3.63) is 101 Å². The maximum absolute atomic E-state index is 12.2. The number of hydrogen-bond acceptors (Lipinski definition) is 4. The molecule has 0 aliphatic heterocycles. The zero-order valence-electron chi connectivity index (χ0n) is 20.3. The summed E-state index contributed by atoms with van der Waals surface area (Å²) in [5.74, 6) is 0.0343. The first-order valence-corrected chi connectivity index (χ1v) is 11.6. The fourth-order valence-corrected chi connectivity index (χ4v) is 4.13. The molecule has 6 heteroatoms. The minimum absolute atomic E-state index is 0.318. The van der Waals surface area contributed by atoms with Gasteiger partial charge in [0.05, 0.1) is 37.2 Å². The third-order valence-corrected chi connectivity index (χ3v) is 6.07. The van der Waals surface area contributed by atoms with Crippen LogP contribution < -0.4 is 4.74 Å². The Balaban J connectivity index is 1.67. The van der Waals surface area contributed by atoms with Crippen LogP contribution in [0.5, 0.6) is 5.75 Å².